The van der Waals surface area contributed by atoms with Crippen LogP contribution in [0.1, 0.15) is 15.9 Å². The monoisotopic (exact) mass is 473 g/mol. The van der Waals surface area contributed by atoms with Crippen molar-refractivity contribution < 1.29 is 14.5 Å². The Kier molecular flexibility index (Phi) is 7.69. The van der Waals surface area contributed by atoms with E-state index >= 15 is 0 Å². The first kappa shape index (κ1) is 23.9. The molecular formula is C26H27N5O4. The number of rotatable bonds is 8. The van der Waals surface area contributed by atoms with Crippen LogP contribution in [0.5, 0.6) is 0 Å². The Labute approximate surface area is 203 Å². The Balaban J connectivity index is 1.31. The zero-order valence-electron chi connectivity index (χ0n) is 19.2. The van der Waals surface area contributed by atoms with Gasteiger partial charge in [-0.2, -0.15) is 0 Å². The number of para-hydroxylation sites is 3. The van der Waals surface area contributed by atoms with Gasteiger partial charge in [0.05, 0.1) is 22.7 Å². The average Bonchev–Trinajstić information content (AvgIpc) is 2.88. The lowest BCUT2D eigenvalue weighted by molar-refractivity contribution is -0.384. The molecule has 2 N–H and O–H groups in total. The number of carbonyl (C=O) groups excluding carboxylic acids is 2. The maximum atomic E-state index is 12.7. The molecule has 1 fully saturated rings. The Bertz CT molecular complexity index is 1190. The minimum Gasteiger partial charge on any atom is -0.363 e. The lowest BCUT2D eigenvalue weighted by Crippen LogP contribution is -2.48. The summed E-state index contributed by atoms with van der Waals surface area (Å²) >= 11 is 0. The van der Waals surface area contributed by atoms with Crippen molar-refractivity contribution in [1.29, 1.82) is 0 Å². The molecule has 3 aromatic carbocycles. The van der Waals surface area contributed by atoms with Gasteiger partial charge in [0.2, 0.25) is 5.91 Å². The molecule has 0 aromatic heterocycles. The molecule has 1 saturated heterocycles. The third-order valence-corrected chi connectivity index (χ3v) is 5.90. The highest BCUT2D eigenvalue weighted by molar-refractivity contribution is 6.04. The Hall–Kier alpha value is -4.24. The molecule has 180 valence electrons. The molecule has 0 spiro atoms. The molecule has 0 atom stereocenters. The summed E-state index contributed by atoms with van der Waals surface area (Å²) in [6, 6.07) is 23.2. The van der Waals surface area contributed by atoms with E-state index in [1.165, 1.54) is 6.07 Å². The topological polar surface area (TPSA) is 108 Å². The number of piperazine rings is 1. The number of hydrogen-bond acceptors (Lipinski definition) is 6. The van der Waals surface area contributed by atoms with E-state index in [2.05, 4.69) is 10.6 Å². The fourth-order valence-corrected chi connectivity index (χ4v) is 4.09. The van der Waals surface area contributed by atoms with Crippen LogP contribution in [0.2, 0.25) is 0 Å². The van der Waals surface area contributed by atoms with Gasteiger partial charge in [0.1, 0.15) is 5.69 Å². The molecule has 0 unspecified atom stereocenters. The number of nitro groups is 1. The van der Waals surface area contributed by atoms with E-state index in [1.807, 2.05) is 40.1 Å². The molecule has 2 amide bonds. The van der Waals surface area contributed by atoms with Gasteiger partial charge in [-0.15, -0.1) is 0 Å². The number of nitrogens with zero attached hydrogens (tertiary/aromatic N) is 3. The molecule has 1 aliphatic heterocycles. The van der Waals surface area contributed by atoms with Gasteiger partial charge >= 0.3 is 0 Å². The average molecular weight is 474 g/mol. The third kappa shape index (κ3) is 6.21. The fraction of sp³-hybridized carbons (Fsp3) is 0.231. The van der Waals surface area contributed by atoms with Crippen LogP contribution >= 0.6 is 0 Å². The number of amides is 2. The summed E-state index contributed by atoms with van der Waals surface area (Å²) in [7, 11) is 0. The van der Waals surface area contributed by atoms with Crippen LogP contribution in [-0.4, -0.2) is 54.4 Å². The van der Waals surface area contributed by atoms with Crippen molar-refractivity contribution in [3.05, 3.63) is 100 Å². The van der Waals surface area contributed by atoms with Crippen molar-refractivity contribution in [1.82, 2.24) is 10.2 Å². The minimum atomic E-state index is -0.372. The SMILES string of the molecule is O=C(CN1CCN(c2ccccc2[N+](=O)[O-])CC1)Nc1ccccc1C(=O)NCc1ccccc1. The molecule has 0 radical (unpaired) electrons. The first-order valence-electron chi connectivity index (χ1n) is 11.4. The Morgan fingerprint density at radius 2 is 1.51 bits per heavy atom. The van der Waals surface area contributed by atoms with E-state index in [-0.39, 0.29) is 29.0 Å². The van der Waals surface area contributed by atoms with E-state index in [4.69, 9.17) is 0 Å². The first-order valence-corrected chi connectivity index (χ1v) is 11.4. The van der Waals surface area contributed by atoms with Crippen molar-refractivity contribution >= 4 is 28.9 Å². The molecular weight excluding hydrogens is 446 g/mol. The van der Waals surface area contributed by atoms with E-state index in [0.29, 0.717) is 49.7 Å². The van der Waals surface area contributed by atoms with E-state index in [1.54, 1.807) is 42.5 Å². The number of nitrogens with one attached hydrogen (secondary N) is 2. The van der Waals surface area contributed by atoms with Crippen molar-refractivity contribution in [2.45, 2.75) is 6.54 Å². The summed E-state index contributed by atoms with van der Waals surface area (Å²) in [6.45, 7) is 2.92. The fourth-order valence-electron chi connectivity index (χ4n) is 4.09. The second-order valence-electron chi connectivity index (χ2n) is 8.27. The molecule has 9 nitrogen and oxygen atoms in total. The maximum Gasteiger partial charge on any atom is 0.292 e. The number of hydrogen-bond donors (Lipinski definition) is 2. The number of benzene rings is 3. The maximum absolute atomic E-state index is 12.7. The number of nitro benzene ring substituents is 1. The standard InChI is InChI=1S/C26H27N5O4/c32-25(19-29-14-16-30(17-15-29)23-12-6-7-13-24(23)31(34)35)28-22-11-5-4-10-21(22)26(33)27-18-20-8-2-1-3-9-20/h1-13H,14-19H2,(H,27,33)(H,28,32). The highest BCUT2D eigenvalue weighted by atomic mass is 16.6. The van der Waals surface area contributed by atoms with Gasteiger partial charge in [-0.3, -0.25) is 24.6 Å². The first-order chi connectivity index (χ1) is 17.0. The van der Waals surface area contributed by atoms with Crippen molar-refractivity contribution in [3.63, 3.8) is 0 Å². The van der Waals surface area contributed by atoms with Crippen molar-refractivity contribution in [3.8, 4) is 0 Å². The van der Waals surface area contributed by atoms with Gasteiger partial charge in [-0.05, 0) is 23.8 Å². The highest BCUT2D eigenvalue weighted by Crippen LogP contribution is 2.28. The predicted molar refractivity (Wildman–Crippen MR) is 134 cm³/mol. The number of anilines is 2. The number of carbonyl (C=O) groups is 2. The lowest BCUT2D eigenvalue weighted by atomic mass is 10.1. The molecule has 1 heterocycles. The second-order valence-corrected chi connectivity index (χ2v) is 8.27. The van der Waals surface area contributed by atoms with Crippen LogP contribution in [-0.2, 0) is 11.3 Å². The van der Waals surface area contributed by atoms with E-state index in [9.17, 15) is 19.7 Å². The predicted octanol–water partition coefficient (Wildman–Crippen LogP) is 3.29. The van der Waals surface area contributed by atoms with Gasteiger partial charge in [0.25, 0.3) is 11.6 Å². The van der Waals surface area contributed by atoms with E-state index < -0.39 is 0 Å². The van der Waals surface area contributed by atoms with E-state index in [0.717, 1.165) is 5.56 Å². The van der Waals surface area contributed by atoms with Crippen LogP contribution in [0.25, 0.3) is 0 Å². The summed E-state index contributed by atoms with van der Waals surface area (Å²) in [6.07, 6.45) is 0. The third-order valence-electron chi connectivity index (χ3n) is 5.90. The largest absolute Gasteiger partial charge is 0.363 e. The molecule has 4 rings (SSSR count). The zero-order valence-corrected chi connectivity index (χ0v) is 19.2. The zero-order chi connectivity index (χ0) is 24.6. The molecule has 1 aliphatic rings. The summed E-state index contributed by atoms with van der Waals surface area (Å²) < 4.78 is 0. The van der Waals surface area contributed by atoms with Gasteiger partial charge < -0.3 is 15.5 Å². The highest BCUT2D eigenvalue weighted by Gasteiger charge is 2.24. The summed E-state index contributed by atoms with van der Waals surface area (Å²) in [5.41, 5.74) is 2.53. The van der Waals surface area contributed by atoms with Gasteiger partial charge in [-0.1, -0.05) is 54.6 Å². The van der Waals surface area contributed by atoms with Crippen LogP contribution in [0, 0.1) is 10.1 Å². The summed E-state index contributed by atoms with van der Waals surface area (Å²) in [5.74, 6) is -0.477. The molecule has 0 aliphatic carbocycles. The summed E-state index contributed by atoms with van der Waals surface area (Å²) in [5, 5.41) is 17.1. The molecule has 0 bridgehead atoms. The quantitative estimate of drug-likeness (QED) is 0.384. The summed E-state index contributed by atoms with van der Waals surface area (Å²) in [4.78, 5) is 40.4. The van der Waals surface area contributed by atoms with Crippen LogP contribution < -0.4 is 15.5 Å². The molecule has 0 saturated carbocycles. The van der Waals surface area contributed by atoms with Crippen LogP contribution in [0.15, 0.2) is 78.9 Å². The van der Waals surface area contributed by atoms with Gasteiger partial charge in [0, 0.05) is 38.8 Å². The van der Waals surface area contributed by atoms with Crippen LogP contribution in [0.3, 0.4) is 0 Å². The molecule has 3 aromatic rings. The Morgan fingerprint density at radius 1 is 0.857 bits per heavy atom. The minimum absolute atomic E-state index is 0.0841. The van der Waals surface area contributed by atoms with Gasteiger partial charge in [-0.25, -0.2) is 0 Å². The second kappa shape index (κ2) is 11.3. The Morgan fingerprint density at radius 3 is 2.26 bits per heavy atom. The molecule has 9 heteroatoms. The smallest absolute Gasteiger partial charge is 0.292 e. The lowest BCUT2D eigenvalue weighted by Gasteiger charge is -2.35. The van der Waals surface area contributed by atoms with Crippen LogP contribution in [0.4, 0.5) is 17.1 Å². The van der Waals surface area contributed by atoms with Gasteiger partial charge in [0.15, 0.2) is 0 Å². The molecule has 35 heavy (non-hydrogen) atoms. The normalized spacial score (nSPS) is 13.8. The van der Waals surface area contributed by atoms with Crippen molar-refractivity contribution in [2.24, 2.45) is 0 Å². The van der Waals surface area contributed by atoms with Crippen molar-refractivity contribution in [2.75, 3.05) is 42.9 Å².